The first kappa shape index (κ1) is 22.4. The number of aromatic nitrogens is 2. The number of nitrogens with zero attached hydrogens (tertiary/aromatic N) is 3. The van der Waals surface area contributed by atoms with Crippen LogP contribution in [0.5, 0.6) is 0 Å². The summed E-state index contributed by atoms with van der Waals surface area (Å²) in [7, 11) is 3.65. The van der Waals surface area contributed by atoms with Crippen LogP contribution in [0.15, 0.2) is 23.2 Å². The first-order valence-electron chi connectivity index (χ1n) is 9.73. The van der Waals surface area contributed by atoms with Gasteiger partial charge in [-0.1, -0.05) is 6.07 Å². The molecule has 29 heavy (non-hydrogen) atoms. The minimum absolute atomic E-state index is 0.160. The summed E-state index contributed by atoms with van der Waals surface area (Å²) in [6, 6.07) is 4.63. The molecule has 1 unspecified atom stereocenters. The number of halogens is 1. The molecular weight excluding hydrogens is 371 g/mol. The van der Waals surface area contributed by atoms with Crippen molar-refractivity contribution in [2.75, 3.05) is 20.1 Å². The van der Waals surface area contributed by atoms with Crippen LogP contribution in [-0.2, 0) is 13.5 Å². The molecule has 3 N–H and O–H groups in total. The lowest BCUT2D eigenvalue weighted by molar-refractivity contribution is 0.0954. The maximum absolute atomic E-state index is 13.6. The highest BCUT2D eigenvalue weighted by molar-refractivity contribution is 5.94. The summed E-state index contributed by atoms with van der Waals surface area (Å²) in [5.41, 5.74) is 4.27. The average Bonchev–Trinajstić information content (AvgIpc) is 2.92. The standard InChI is InChI=1S/C21H31FN6O/c1-13-7-8-17(12-19(13)22)20(29)24-9-10-25-21(23-5)26-14(2)11-18-15(3)27-28(6)16(18)4/h7-8,12,14H,9-11H2,1-6H3,(H,24,29)(H2,23,25,26). The van der Waals surface area contributed by atoms with Gasteiger partial charge < -0.3 is 16.0 Å². The minimum Gasteiger partial charge on any atom is -0.355 e. The van der Waals surface area contributed by atoms with Crippen molar-refractivity contribution >= 4 is 11.9 Å². The van der Waals surface area contributed by atoms with Crippen molar-refractivity contribution in [2.45, 2.75) is 40.2 Å². The zero-order chi connectivity index (χ0) is 21.6. The molecule has 1 amide bonds. The van der Waals surface area contributed by atoms with Gasteiger partial charge >= 0.3 is 0 Å². The number of hydrogen-bond donors (Lipinski definition) is 3. The zero-order valence-electron chi connectivity index (χ0n) is 18.1. The summed E-state index contributed by atoms with van der Waals surface area (Å²) in [5.74, 6) is -0.0228. The lowest BCUT2D eigenvalue weighted by atomic mass is 10.1. The summed E-state index contributed by atoms with van der Waals surface area (Å²) in [6.07, 6.45) is 0.835. The summed E-state index contributed by atoms with van der Waals surface area (Å²) < 4.78 is 15.5. The second kappa shape index (κ2) is 10.0. The van der Waals surface area contributed by atoms with Crippen LogP contribution < -0.4 is 16.0 Å². The monoisotopic (exact) mass is 402 g/mol. The van der Waals surface area contributed by atoms with Crippen molar-refractivity contribution in [1.29, 1.82) is 0 Å². The number of rotatable bonds is 7. The van der Waals surface area contributed by atoms with Gasteiger partial charge in [0.1, 0.15) is 5.82 Å². The van der Waals surface area contributed by atoms with Gasteiger partial charge in [0.05, 0.1) is 5.69 Å². The first-order chi connectivity index (χ1) is 13.7. The van der Waals surface area contributed by atoms with Gasteiger partial charge in [0.15, 0.2) is 5.96 Å². The fraction of sp³-hybridized carbons (Fsp3) is 0.476. The Labute approximate surface area is 171 Å². The molecule has 0 aliphatic carbocycles. The molecule has 0 saturated carbocycles. The quantitative estimate of drug-likeness (QED) is 0.376. The SMILES string of the molecule is CN=C(NCCNC(=O)c1ccc(C)c(F)c1)NC(C)Cc1c(C)nn(C)c1C. The van der Waals surface area contributed by atoms with Crippen LogP contribution >= 0.6 is 0 Å². The van der Waals surface area contributed by atoms with Gasteiger partial charge in [-0.15, -0.1) is 0 Å². The van der Waals surface area contributed by atoms with E-state index in [1.807, 2.05) is 18.7 Å². The predicted molar refractivity (Wildman–Crippen MR) is 114 cm³/mol. The maximum Gasteiger partial charge on any atom is 0.251 e. The number of aliphatic imine (C=N–C) groups is 1. The molecule has 1 aromatic heterocycles. The fourth-order valence-corrected chi connectivity index (χ4v) is 3.09. The van der Waals surface area contributed by atoms with Gasteiger partial charge in [-0.2, -0.15) is 5.10 Å². The van der Waals surface area contributed by atoms with Gasteiger partial charge in [-0.05, 0) is 57.4 Å². The lowest BCUT2D eigenvalue weighted by Gasteiger charge is -2.18. The van der Waals surface area contributed by atoms with Crippen LogP contribution in [0.1, 0.15) is 39.8 Å². The van der Waals surface area contributed by atoms with Gasteiger partial charge in [-0.3, -0.25) is 14.5 Å². The Balaban J connectivity index is 1.78. The summed E-state index contributed by atoms with van der Waals surface area (Å²) >= 11 is 0. The number of nitrogens with one attached hydrogen (secondary N) is 3. The molecule has 0 bridgehead atoms. The van der Waals surface area contributed by atoms with Gasteiger partial charge in [-0.25, -0.2) is 4.39 Å². The van der Waals surface area contributed by atoms with Crippen molar-refractivity contribution < 1.29 is 9.18 Å². The van der Waals surface area contributed by atoms with E-state index in [-0.39, 0.29) is 17.8 Å². The van der Waals surface area contributed by atoms with Crippen molar-refractivity contribution in [1.82, 2.24) is 25.7 Å². The van der Waals surface area contributed by atoms with Crippen LogP contribution in [0.3, 0.4) is 0 Å². The summed E-state index contributed by atoms with van der Waals surface area (Å²) in [4.78, 5) is 16.3. The van der Waals surface area contributed by atoms with Crippen LogP contribution in [0.4, 0.5) is 4.39 Å². The van der Waals surface area contributed by atoms with Gasteiger partial charge in [0.2, 0.25) is 0 Å². The molecule has 0 aliphatic heterocycles. The van der Waals surface area contributed by atoms with Gasteiger partial charge in [0.25, 0.3) is 5.91 Å². The molecule has 0 saturated heterocycles. The van der Waals surface area contributed by atoms with E-state index in [2.05, 4.69) is 39.9 Å². The number of benzene rings is 1. The molecule has 7 nitrogen and oxygen atoms in total. The predicted octanol–water partition coefficient (Wildman–Crippen LogP) is 2.01. The first-order valence-corrected chi connectivity index (χ1v) is 9.73. The zero-order valence-corrected chi connectivity index (χ0v) is 18.1. The average molecular weight is 403 g/mol. The molecule has 0 fully saturated rings. The Hall–Kier alpha value is -2.90. The van der Waals surface area contributed by atoms with Gasteiger partial charge in [0, 0.05) is 44.5 Å². The van der Waals surface area contributed by atoms with Crippen LogP contribution in [0.25, 0.3) is 0 Å². The van der Waals surface area contributed by atoms with E-state index in [9.17, 15) is 9.18 Å². The van der Waals surface area contributed by atoms with Crippen molar-refractivity contribution in [3.05, 3.63) is 52.1 Å². The van der Waals surface area contributed by atoms with E-state index < -0.39 is 0 Å². The van der Waals surface area contributed by atoms with Crippen molar-refractivity contribution in [3.8, 4) is 0 Å². The fourth-order valence-electron chi connectivity index (χ4n) is 3.09. The van der Waals surface area contributed by atoms with Crippen molar-refractivity contribution in [2.24, 2.45) is 12.0 Å². The third-order valence-corrected chi connectivity index (χ3v) is 4.91. The van der Waals surface area contributed by atoms with Crippen LogP contribution in [-0.4, -0.2) is 47.8 Å². The van der Waals surface area contributed by atoms with E-state index in [4.69, 9.17) is 0 Å². The molecule has 1 atom stereocenters. The molecule has 0 spiro atoms. The molecule has 2 rings (SSSR count). The Morgan fingerprint density at radius 1 is 1.24 bits per heavy atom. The minimum atomic E-state index is -0.381. The third kappa shape index (κ3) is 6.04. The summed E-state index contributed by atoms with van der Waals surface area (Å²) in [6.45, 7) is 8.73. The number of aryl methyl sites for hydroxylation is 3. The number of guanidine groups is 1. The number of amides is 1. The van der Waals surface area contributed by atoms with E-state index in [0.29, 0.717) is 30.2 Å². The molecule has 0 radical (unpaired) electrons. The molecule has 0 aliphatic rings. The normalized spacial score (nSPS) is 12.6. The summed E-state index contributed by atoms with van der Waals surface area (Å²) in [5, 5.41) is 13.8. The Morgan fingerprint density at radius 2 is 1.93 bits per heavy atom. The van der Waals surface area contributed by atoms with E-state index >= 15 is 0 Å². The topological polar surface area (TPSA) is 83.3 Å². The number of hydrogen-bond acceptors (Lipinski definition) is 3. The highest BCUT2D eigenvalue weighted by Gasteiger charge is 2.14. The molecule has 158 valence electrons. The molecule has 1 heterocycles. The van der Waals surface area contributed by atoms with Crippen molar-refractivity contribution in [3.63, 3.8) is 0 Å². The number of carbonyl (C=O) groups excluding carboxylic acids is 1. The second-order valence-corrected chi connectivity index (χ2v) is 7.24. The molecule has 2 aromatic rings. The largest absolute Gasteiger partial charge is 0.355 e. The maximum atomic E-state index is 13.6. The van der Waals surface area contributed by atoms with E-state index in [0.717, 1.165) is 17.8 Å². The Kier molecular flexibility index (Phi) is 7.75. The molecule has 8 heteroatoms. The van der Waals surface area contributed by atoms with Crippen LogP contribution in [0, 0.1) is 26.6 Å². The van der Waals surface area contributed by atoms with Crippen LogP contribution in [0.2, 0.25) is 0 Å². The van der Waals surface area contributed by atoms with E-state index in [1.54, 1.807) is 26.1 Å². The Morgan fingerprint density at radius 3 is 2.52 bits per heavy atom. The lowest BCUT2D eigenvalue weighted by Crippen LogP contribution is -2.45. The smallest absolute Gasteiger partial charge is 0.251 e. The second-order valence-electron chi connectivity index (χ2n) is 7.24. The Bertz CT molecular complexity index is 890. The highest BCUT2D eigenvalue weighted by Crippen LogP contribution is 2.14. The highest BCUT2D eigenvalue weighted by atomic mass is 19.1. The van der Waals surface area contributed by atoms with E-state index in [1.165, 1.54) is 11.6 Å². The molecular formula is C21H31FN6O. The number of carbonyl (C=O) groups is 1. The third-order valence-electron chi connectivity index (χ3n) is 4.91. The molecule has 1 aromatic carbocycles.